The lowest BCUT2D eigenvalue weighted by molar-refractivity contribution is -0.125. The molecule has 1 saturated heterocycles. The van der Waals surface area contributed by atoms with Crippen LogP contribution in [-0.2, 0) is 16.0 Å². The average molecular weight is 674 g/mol. The molecule has 2 amide bonds. The zero-order valence-electron chi connectivity index (χ0n) is 28.2. The van der Waals surface area contributed by atoms with E-state index in [0.717, 1.165) is 22.1 Å². The van der Waals surface area contributed by atoms with E-state index in [2.05, 4.69) is 16.0 Å². The number of rotatable bonds is 12. The van der Waals surface area contributed by atoms with Crippen LogP contribution in [0.3, 0.4) is 0 Å². The molecule has 256 valence electrons. The number of amides is 2. The fraction of sp³-hybridized carbons (Fsp3) is 0.225. The molecule has 0 unspecified atom stereocenters. The van der Waals surface area contributed by atoms with Crippen LogP contribution in [0.2, 0.25) is 0 Å². The quantitative estimate of drug-likeness (QED) is 0.122. The van der Waals surface area contributed by atoms with Crippen molar-refractivity contribution in [3.8, 4) is 17.2 Å². The minimum absolute atomic E-state index is 0.0385. The summed E-state index contributed by atoms with van der Waals surface area (Å²) in [6.07, 6.45) is 0.152. The molecule has 6 rings (SSSR count). The fourth-order valence-electron chi connectivity index (χ4n) is 6.07. The summed E-state index contributed by atoms with van der Waals surface area (Å²) in [5.41, 5.74) is 2.13. The molecule has 0 aromatic heterocycles. The number of carbonyl (C=O) groups is 3. The number of nitrogens with one attached hydrogen (secondary N) is 3. The van der Waals surface area contributed by atoms with Crippen molar-refractivity contribution in [2.75, 3.05) is 38.0 Å². The predicted octanol–water partition coefficient (Wildman–Crippen LogP) is 6.96. The van der Waals surface area contributed by atoms with Crippen LogP contribution in [-0.4, -0.2) is 56.8 Å². The van der Waals surface area contributed by atoms with Gasteiger partial charge in [0.05, 0.1) is 25.5 Å². The maximum absolute atomic E-state index is 14.2. The summed E-state index contributed by atoms with van der Waals surface area (Å²) in [6, 6.07) is 33.0. The molecule has 10 nitrogen and oxygen atoms in total. The van der Waals surface area contributed by atoms with Crippen LogP contribution < -0.4 is 30.2 Å². The number of Topliss-reactive ketones (excluding diaryl/α,β-unsaturated/α-hetero) is 1. The molecule has 0 aliphatic carbocycles. The number of hydrogen-bond acceptors (Lipinski definition) is 8. The van der Waals surface area contributed by atoms with Gasteiger partial charge in [0.15, 0.2) is 5.78 Å². The summed E-state index contributed by atoms with van der Waals surface area (Å²) in [4.78, 5) is 38.9. The molecule has 0 bridgehead atoms. The Morgan fingerprint density at radius 2 is 1.52 bits per heavy atom. The van der Waals surface area contributed by atoms with Crippen molar-refractivity contribution < 1.29 is 33.3 Å². The highest BCUT2D eigenvalue weighted by molar-refractivity contribution is 6.01. The first-order valence-corrected chi connectivity index (χ1v) is 16.3. The molecule has 5 aromatic carbocycles. The lowest BCUT2D eigenvalue weighted by atomic mass is 9.88. The molecule has 1 fully saturated rings. The molecule has 0 radical (unpaired) electrons. The van der Waals surface area contributed by atoms with Crippen molar-refractivity contribution in [2.45, 2.75) is 31.4 Å². The van der Waals surface area contributed by atoms with Gasteiger partial charge in [0.1, 0.15) is 35.5 Å². The summed E-state index contributed by atoms with van der Waals surface area (Å²) in [5.74, 6) is 1.11. The maximum Gasteiger partial charge on any atom is 0.337 e. The molecular weight excluding hydrogens is 634 g/mol. The van der Waals surface area contributed by atoms with Gasteiger partial charge in [-0.25, -0.2) is 9.59 Å². The van der Waals surface area contributed by atoms with Crippen LogP contribution in [0.5, 0.6) is 17.2 Å². The second-order valence-electron chi connectivity index (χ2n) is 12.2. The standard InChI is InChI=1S/C40H39N3O7/c1-26-8-4-7-11-34(26)42-39(46)43-35-19-12-27(20-36(35)47-2)21-37(44)40(25-49-31-16-14-29(15-17-31)38(45)48-3)23-33(24-41-40)50-32-18-13-28-9-5-6-10-30(28)22-32/h4-20,22,33,41H,21,23-25H2,1-3H3,(H2,42,43,46)/t33-,40-/m0/s1. The topological polar surface area (TPSA) is 124 Å². The minimum atomic E-state index is -1.07. The third-order valence-corrected chi connectivity index (χ3v) is 8.83. The summed E-state index contributed by atoms with van der Waals surface area (Å²) >= 11 is 0. The van der Waals surface area contributed by atoms with E-state index < -0.39 is 17.5 Å². The Balaban J connectivity index is 1.18. The number of para-hydroxylation sites is 1. The highest BCUT2D eigenvalue weighted by Gasteiger charge is 2.46. The number of fused-ring (bicyclic) bond motifs is 1. The highest BCUT2D eigenvalue weighted by atomic mass is 16.5. The number of benzene rings is 5. The largest absolute Gasteiger partial charge is 0.495 e. The Labute approximate surface area is 290 Å². The molecule has 0 spiro atoms. The zero-order chi connectivity index (χ0) is 35.1. The van der Waals surface area contributed by atoms with Crippen LogP contribution in [0.1, 0.15) is 27.9 Å². The van der Waals surface area contributed by atoms with Crippen molar-refractivity contribution in [1.29, 1.82) is 0 Å². The van der Waals surface area contributed by atoms with Crippen molar-refractivity contribution in [3.05, 3.63) is 126 Å². The number of methoxy groups -OCH3 is 2. The van der Waals surface area contributed by atoms with Crippen LogP contribution >= 0.6 is 0 Å². The Kier molecular flexibility index (Phi) is 10.3. The van der Waals surface area contributed by atoms with E-state index in [1.807, 2.05) is 73.7 Å². The molecule has 2 atom stereocenters. The molecule has 50 heavy (non-hydrogen) atoms. The number of ether oxygens (including phenoxy) is 4. The average Bonchev–Trinajstić information content (AvgIpc) is 3.56. The molecule has 3 N–H and O–H groups in total. The van der Waals surface area contributed by atoms with Gasteiger partial charge in [0.2, 0.25) is 0 Å². The number of ketones is 1. The highest BCUT2D eigenvalue weighted by Crippen LogP contribution is 2.31. The Hall–Kier alpha value is -5.87. The SMILES string of the molecule is COC(=O)c1ccc(OC[C@]2(C(=O)Cc3ccc(NC(=O)Nc4ccccc4C)c(OC)c3)C[C@H](Oc3ccc4ccccc4c3)CN2)cc1. The number of esters is 1. The van der Waals surface area contributed by atoms with E-state index in [1.165, 1.54) is 14.2 Å². The van der Waals surface area contributed by atoms with Gasteiger partial charge < -0.3 is 29.6 Å². The Morgan fingerprint density at radius 3 is 2.28 bits per heavy atom. The monoisotopic (exact) mass is 673 g/mol. The first-order chi connectivity index (χ1) is 24.2. The van der Waals surface area contributed by atoms with E-state index in [4.69, 9.17) is 18.9 Å². The maximum atomic E-state index is 14.2. The van der Waals surface area contributed by atoms with Crippen LogP contribution in [0, 0.1) is 6.92 Å². The Bertz CT molecular complexity index is 2010. The normalized spacial score (nSPS) is 16.7. The minimum Gasteiger partial charge on any atom is -0.495 e. The van der Waals surface area contributed by atoms with Crippen LogP contribution in [0.25, 0.3) is 10.8 Å². The zero-order valence-corrected chi connectivity index (χ0v) is 28.2. The summed E-state index contributed by atoms with van der Waals surface area (Å²) in [6.45, 7) is 2.39. The molecular formula is C40H39N3O7. The van der Waals surface area contributed by atoms with Gasteiger partial charge in [-0.15, -0.1) is 0 Å². The van der Waals surface area contributed by atoms with Gasteiger partial charge in [-0.05, 0) is 83.4 Å². The molecule has 1 heterocycles. The van der Waals surface area contributed by atoms with Crippen molar-refractivity contribution in [3.63, 3.8) is 0 Å². The third kappa shape index (κ3) is 7.88. The second-order valence-corrected chi connectivity index (χ2v) is 12.2. The van der Waals surface area contributed by atoms with Gasteiger partial charge in [0, 0.05) is 25.1 Å². The number of aryl methyl sites for hydroxylation is 1. The predicted molar refractivity (Wildman–Crippen MR) is 193 cm³/mol. The Morgan fingerprint density at radius 1 is 0.800 bits per heavy atom. The summed E-state index contributed by atoms with van der Waals surface area (Å²) in [7, 11) is 2.84. The van der Waals surface area contributed by atoms with Crippen molar-refractivity contribution >= 4 is 39.9 Å². The molecule has 1 aliphatic heterocycles. The molecule has 5 aromatic rings. The number of urea groups is 1. The number of anilines is 2. The molecule has 1 aliphatic rings. The summed E-state index contributed by atoms with van der Waals surface area (Å²) in [5, 5.41) is 11.3. The first-order valence-electron chi connectivity index (χ1n) is 16.3. The fourth-order valence-corrected chi connectivity index (χ4v) is 6.07. The van der Waals surface area contributed by atoms with Crippen molar-refractivity contribution in [2.24, 2.45) is 0 Å². The van der Waals surface area contributed by atoms with Gasteiger partial charge in [-0.2, -0.15) is 0 Å². The van der Waals surface area contributed by atoms with E-state index in [1.54, 1.807) is 42.5 Å². The lowest BCUT2D eigenvalue weighted by Gasteiger charge is -2.28. The van der Waals surface area contributed by atoms with Gasteiger partial charge >= 0.3 is 12.0 Å². The van der Waals surface area contributed by atoms with Crippen LogP contribution in [0.15, 0.2) is 109 Å². The van der Waals surface area contributed by atoms with E-state index in [-0.39, 0.29) is 24.9 Å². The van der Waals surface area contributed by atoms with Crippen molar-refractivity contribution in [1.82, 2.24) is 5.32 Å². The van der Waals surface area contributed by atoms with Crippen LogP contribution in [0.4, 0.5) is 16.2 Å². The second kappa shape index (κ2) is 15.1. The molecule has 0 saturated carbocycles. The van der Waals surface area contributed by atoms with Gasteiger partial charge in [-0.3, -0.25) is 10.1 Å². The number of carbonyl (C=O) groups excluding carboxylic acids is 3. The van der Waals surface area contributed by atoms with E-state index >= 15 is 0 Å². The summed E-state index contributed by atoms with van der Waals surface area (Å²) < 4.78 is 23.0. The molecule has 10 heteroatoms. The van der Waals surface area contributed by atoms with Gasteiger partial charge in [0.25, 0.3) is 0 Å². The van der Waals surface area contributed by atoms with Gasteiger partial charge in [-0.1, -0.05) is 54.6 Å². The van der Waals surface area contributed by atoms with E-state index in [0.29, 0.717) is 47.0 Å². The first kappa shape index (κ1) is 34.0. The third-order valence-electron chi connectivity index (χ3n) is 8.83. The lowest BCUT2D eigenvalue weighted by Crippen LogP contribution is -2.53. The van der Waals surface area contributed by atoms with E-state index in [9.17, 15) is 14.4 Å². The smallest absolute Gasteiger partial charge is 0.337 e. The number of hydrogen-bond donors (Lipinski definition) is 3.